The second-order valence-electron chi connectivity index (χ2n) is 7.17. The summed E-state index contributed by atoms with van der Waals surface area (Å²) in [6, 6.07) is 20.3. The molecule has 0 aliphatic rings. The molecule has 0 spiro atoms. The Labute approximate surface area is 210 Å². The number of halogens is 3. The lowest BCUT2D eigenvalue weighted by Crippen LogP contribution is -2.06. The molecule has 0 amide bonds. The predicted octanol–water partition coefficient (Wildman–Crippen LogP) is 8.44. The molecule has 4 rings (SSSR count). The van der Waals surface area contributed by atoms with Crippen LogP contribution in [0.4, 0.5) is 5.69 Å². The minimum atomic E-state index is -0.423. The minimum Gasteiger partial charge on any atom is -0.358 e. The van der Waals surface area contributed by atoms with Crippen molar-refractivity contribution in [3.63, 3.8) is 0 Å². The lowest BCUT2D eigenvalue weighted by molar-refractivity contribution is 0.798. The Kier molecular flexibility index (Phi) is 8.11. The van der Waals surface area contributed by atoms with Crippen LogP contribution in [0.15, 0.2) is 76.7 Å². The van der Waals surface area contributed by atoms with E-state index in [0.29, 0.717) is 10.0 Å². The topological polar surface area (TPSA) is 39.9 Å². The summed E-state index contributed by atoms with van der Waals surface area (Å²) in [4.78, 5) is 5.48. The Balaban J connectivity index is 1.28. The van der Waals surface area contributed by atoms with E-state index in [9.17, 15) is 0 Å². The number of aryl methyl sites for hydroxylation is 1. The van der Waals surface area contributed by atoms with E-state index in [2.05, 4.69) is 56.7 Å². The lowest BCUT2D eigenvalue weighted by Gasteiger charge is -2.13. The number of nitrogens with one attached hydrogen (secondary N) is 3. The van der Waals surface area contributed by atoms with Crippen molar-refractivity contribution in [3.05, 3.63) is 87.5 Å². The number of benzene rings is 3. The first-order chi connectivity index (χ1) is 15.5. The molecule has 1 heterocycles. The maximum atomic E-state index is 6.29. The third-order valence-electron chi connectivity index (χ3n) is 4.93. The third kappa shape index (κ3) is 5.84. The lowest BCUT2D eigenvalue weighted by atomic mass is 10.1. The van der Waals surface area contributed by atoms with Crippen LogP contribution < -0.4 is 9.44 Å². The molecule has 4 aromatic rings. The monoisotopic (exact) mass is 521 g/mol. The molecule has 0 radical (unpaired) electrons. The number of hydrogen-bond acceptors (Lipinski definition) is 3. The highest BCUT2D eigenvalue weighted by Crippen LogP contribution is 2.37. The van der Waals surface area contributed by atoms with Gasteiger partial charge in [-0.1, -0.05) is 63.5 Å². The van der Waals surface area contributed by atoms with Gasteiger partial charge in [-0.3, -0.25) is 4.72 Å². The zero-order valence-electron chi connectivity index (χ0n) is 17.1. The molecule has 3 nitrogen and oxygen atoms in total. The number of hydrogen-bond donors (Lipinski definition) is 3. The molecule has 0 fully saturated rings. The fraction of sp³-hybridized carbons (Fsp3) is 0.125. The summed E-state index contributed by atoms with van der Waals surface area (Å²) in [5.74, 6) is 4.30. The van der Waals surface area contributed by atoms with Crippen molar-refractivity contribution >= 4 is 79.9 Å². The summed E-state index contributed by atoms with van der Waals surface area (Å²) in [7, 11) is -0.423. The normalized spacial score (nSPS) is 12.2. The first-order valence-electron chi connectivity index (χ1n) is 10.0. The molecule has 0 bridgehead atoms. The Morgan fingerprint density at radius 2 is 1.66 bits per heavy atom. The van der Waals surface area contributed by atoms with Crippen LogP contribution in [-0.4, -0.2) is 17.4 Å². The smallest absolute Gasteiger partial charge is 0.0728 e. The van der Waals surface area contributed by atoms with Gasteiger partial charge in [0.1, 0.15) is 0 Å². The number of fused-ring (bicyclic) bond motifs is 1. The van der Waals surface area contributed by atoms with E-state index in [-0.39, 0.29) is 0 Å². The molecule has 0 saturated carbocycles. The molecule has 3 aromatic carbocycles. The van der Waals surface area contributed by atoms with Crippen LogP contribution >= 0.6 is 57.4 Å². The van der Waals surface area contributed by atoms with Gasteiger partial charge in [-0.05, 0) is 78.9 Å². The van der Waals surface area contributed by atoms with Crippen molar-refractivity contribution in [2.45, 2.75) is 22.6 Å². The van der Waals surface area contributed by atoms with Gasteiger partial charge in [-0.2, -0.15) is 0 Å². The molecule has 3 N–H and O–H groups in total. The predicted molar refractivity (Wildman–Crippen MR) is 145 cm³/mol. The van der Waals surface area contributed by atoms with Gasteiger partial charge in [0, 0.05) is 32.9 Å². The Morgan fingerprint density at radius 3 is 2.41 bits per heavy atom. The minimum absolute atomic E-state index is 0.423. The largest absolute Gasteiger partial charge is 0.358 e. The van der Waals surface area contributed by atoms with Crippen molar-refractivity contribution in [2.24, 2.45) is 0 Å². The Bertz CT molecular complexity index is 1220. The first kappa shape index (κ1) is 23.6. The molecule has 1 unspecified atom stereocenters. The highest BCUT2D eigenvalue weighted by atomic mass is 35.5. The number of rotatable bonds is 9. The SMILES string of the molecule is C=S(Nc1ccc(Cl)c2c(Cl)c[nH]c12)c1ccc(SNCCCc2ccc(Cl)cc2)cc1. The maximum Gasteiger partial charge on any atom is 0.0728 e. The molecule has 0 aliphatic heterocycles. The fourth-order valence-corrected chi connectivity index (χ4v) is 5.65. The van der Waals surface area contributed by atoms with Gasteiger partial charge in [-0.15, -0.1) is 0 Å². The van der Waals surface area contributed by atoms with E-state index in [0.717, 1.165) is 45.9 Å². The Hall–Kier alpha value is -1.60. The highest BCUT2D eigenvalue weighted by Gasteiger charge is 2.11. The first-order valence-corrected chi connectivity index (χ1v) is 13.4. The molecule has 8 heteroatoms. The Morgan fingerprint density at radius 1 is 0.906 bits per heavy atom. The van der Waals surface area contributed by atoms with E-state index < -0.39 is 10.7 Å². The van der Waals surface area contributed by atoms with E-state index >= 15 is 0 Å². The summed E-state index contributed by atoms with van der Waals surface area (Å²) in [6.45, 7) is 0.932. The van der Waals surface area contributed by atoms with Crippen molar-refractivity contribution < 1.29 is 0 Å². The zero-order chi connectivity index (χ0) is 22.5. The quantitative estimate of drug-likeness (QED) is 0.117. The molecule has 32 heavy (non-hydrogen) atoms. The van der Waals surface area contributed by atoms with Crippen LogP contribution in [0.3, 0.4) is 0 Å². The average molecular weight is 523 g/mol. The van der Waals surface area contributed by atoms with Gasteiger partial charge in [0.25, 0.3) is 0 Å². The molecule has 1 atom stereocenters. The summed E-state index contributed by atoms with van der Waals surface area (Å²) >= 11 is 20.1. The molecule has 0 aliphatic carbocycles. The molecular formula is C24H22Cl3N3S2. The highest BCUT2D eigenvalue weighted by molar-refractivity contribution is 8.15. The van der Waals surface area contributed by atoms with Crippen LogP contribution in [-0.2, 0) is 6.42 Å². The van der Waals surface area contributed by atoms with Gasteiger partial charge in [0.2, 0.25) is 0 Å². The summed E-state index contributed by atoms with van der Waals surface area (Å²) in [5, 5.41) is 2.84. The van der Waals surface area contributed by atoms with E-state index in [4.69, 9.17) is 34.8 Å². The van der Waals surface area contributed by atoms with Crippen LogP contribution in [0.2, 0.25) is 15.1 Å². The van der Waals surface area contributed by atoms with Gasteiger partial charge in [0.05, 0.1) is 21.2 Å². The molecular weight excluding hydrogens is 501 g/mol. The van der Waals surface area contributed by atoms with Gasteiger partial charge in [-0.25, -0.2) is 0 Å². The van der Waals surface area contributed by atoms with E-state index in [1.165, 1.54) is 10.5 Å². The molecule has 166 valence electrons. The zero-order valence-corrected chi connectivity index (χ0v) is 21.0. The van der Waals surface area contributed by atoms with Gasteiger partial charge < -0.3 is 9.71 Å². The number of aromatic nitrogens is 1. The second kappa shape index (κ2) is 11.0. The number of aromatic amines is 1. The summed E-state index contributed by atoms with van der Waals surface area (Å²) in [6.07, 6.45) is 3.85. The average Bonchev–Trinajstić information content (AvgIpc) is 3.20. The summed E-state index contributed by atoms with van der Waals surface area (Å²) in [5.41, 5.74) is 3.12. The van der Waals surface area contributed by atoms with Crippen molar-refractivity contribution in [1.82, 2.24) is 9.71 Å². The number of H-pyrrole nitrogens is 1. The third-order valence-corrected chi connectivity index (χ3v) is 7.95. The summed E-state index contributed by atoms with van der Waals surface area (Å²) < 4.78 is 6.91. The molecule has 0 saturated heterocycles. The standard InChI is InChI=1S/C24H22Cl3N3S2/c1-32(30-22-13-12-20(26)23-21(27)15-28-24(22)23)19-10-8-18(9-11-19)31-29-14-2-3-16-4-6-17(25)7-5-16/h4-13,15,28-30H,1-3,14H2. The molecule has 1 aromatic heterocycles. The van der Waals surface area contributed by atoms with E-state index in [1.807, 2.05) is 24.3 Å². The van der Waals surface area contributed by atoms with Gasteiger partial charge >= 0.3 is 0 Å². The van der Waals surface area contributed by atoms with Crippen molar-refractivity contribution in [2.75, 3.05) is 11.3 Å². The van der Waals surface area contributed by atoms with Crippen LogP contribution in [0.5, 0.6) is 0 Å². The van der Waals surface area contributed by atoms with Crippen LogP contribution in [0.1, 0.15) is 12.0 Å². The van der Waals surface area contributed by atoms with Crippen LogP contribution in [0, 0.1) is 0 Å². The van der Waals surface area contributed by atoms with Crippen LogP contribution in [0.25, 0.3) is 10.9 Å². The fourth-order valence-electron chi connectivity index (χ4n) is 3.27. The van der Waals surface area contributed by atoms with E-state index in [1.54, 1.807) is 18.1 Å². The number of anilines is 1. The van der Waals surface area contributed by atoms with Gasteiger partial charge in [0.15, 0.2) is 0 Å². The second-order valence-corrected chi connectivity index (χ2v) is 10.8. The van der Waals surface area contributed by atoms with Crippen molar-refractivity contribution in [3.8, 4) is 0 Å². The maximum absolute atomic E-state index is 6.29. The van der Waals surface area contributed by atoms with Crippen molar-refractivity contribution in [1.29, 1.82) is 0 Å².